The average molecular weight is 358 g/mol. The molecule has 1 aromatic carbocycles. The van der Waals surface area contributed by atoms with Gasteiger partial charge in [0.05, 0.1) is 22.5 Å². The first-order valence-corrected chi connectivity index (χ1v) is 7.65. The third-order valence-electron chi connectivity index (χ3n) is 3.30. The Hall–Kier alpha value is -1.72. The Morgan fingerprint density at radius 1 is 1.22 bits per heavy atom. The number of fused-ring (bicyclic) bond motifs is 1. The number of hydrogen-bond donors (Lipinski definition) is 1. The minimum Gasteiger partial charge on any atom is -0.494 e. The molecule has 0 aliphatic carbocycles. The Morgan fingerprint density at radius 2 is 1.74 bits per heavy atom. The molecule has 0 unspecified atom stereocenters. The Morgan fingerprint density at radius 3 is 2.17 bits per heavy atom. The summed E-state index contributed by atoms with van der Waals surface area (Å²) < 4.78 is 6.50. The highest BCUT2D eigenvalue weighted by Gasteiger charge is 2.26. The van der Waals surface area contributed by atoms with E-state index in [9.17, 15) is 14.7 Å². The van der Waals surface area contributed by atoms with Gasteiger partial charge in [0, 0.05) is 11.9 Å². The van der Waals surface area contributed by atoms with Crippen LogP contribution >= 0.6 is 23.2 Å². The van der Waals surface area contributed by atoms with Gasteiger partial charge in [-0.1, -0.05) is 44.0 Å². The van der Waals surface area contributed by atoms with Gasteiger partial charge in [0.15, 0.2) is 11.4 Å². The maximum absolute atomic E-state index is 12.8. The van der Waals surface area contributed by atoms with Gasteiger partial charge >= 0.3 is 5.97 Å². The van der Waals surface area contributed by atoms with Crippen LogP contribution in [0, 0.1) is 5.41 Å². The molecule has 7 heteroatoms. The summed E-state index contributed by atoms with van der Waals surface area (Å²) in [7, 11) is 1.36. The third-order valence-corrected chi connectivity index (χ3v) is 4.03. The SMILES string of the molecule is COc1c(C(=O)O)n(CC(C)(C)C)c(=O)c2cc(Cl)c(Cl)cc12. The van der Waals surface area contributed by atoms with Crippen LogP contribution in [0.1, 0.15) is 31.3 Å². The normalized spacial score (nSPS) is 11.7. The van der Waals surface area contributed by atoms with E-state index in [2.05, 4.69) is 0 Å². The highest BCUT2D eigenvalue weighted by atomic mass is 35.5. The molecular weight excluding hydrogens is 341 g/mol. The first-order chi connectivity index (χ1) is 10.6. The Kier molecular flexibility index (Phi) is 4.64. The number of rotatable bonds is 3. The van der Waals surface area contributed by atoms with Crippen LogP contribution in [0.3, 0.4) is 0 Å². The molecule has 0 fully saturated rings. The molecule has 1 heterocycles. The average Bonchev–Trinajstić information content (AvgIpc) is 2.42. The van der Waals surface area contributed by atoms with Crippen LogP contribution in [0.4, 0.5) is 0 Å². The zero-order chi connectivity index (χ0) is 17.5. The van der Waals surface area contributed by atoms with Crippen molar-refractivity contribution in [2.75, 3.05) is 7.11 Å². The van der Waals surface area contributed by atoms with Gasteiger partial charge in [-0.25, -0.2) is 4.79 Å². The second kappa shape index (κ2) is 6.06. The van der Waals surface area contributed by atoms with Crippen molar-refractivity contribution in [1.82, 2.24) is 4.57 Å². The van der Waals surface area contributed by atoms with Crippen molar-refractivity contribution in [3.8, 4) is 5.75 Å². The van der Waals surface area contributed by atoms with Crippen molar-refractivity contribution in [2.24, 2.45) is 5.41 Å². The Labute approximate surface area is 143 Å². The van der Waals surface area contributed by atoms with Crippen LogP contribution in [-0.2, 0) is 6.54 Å². The molecule has 124 valence electrons. The van der Waals surface area contributed by atoms with E-state index in [1.165, 1.54) is 23.8 Å². The van der Waals surface area contributed by atoms with Crippen molar-refractivity contribution < 1.29 is 14.6 Å². The largest absolute Gasteiger partial charge is 0.494 e. The zero-order valence-electron chi connectivity index (χ0n) is 13.2. The second-order valence-electron chi connectivity index (χ2n) is 6.45. The number of carboxylic acids is 1. The highest BCUT2D eigenvalue weighted by Crippen LogP contribution is 2.34. The van der Waals surface area contributed by atoms with E-state index in [0.29, 0.717) is 5.39 Å². The van der Waals surface area contributed by atoms with E-state index in [0.717, 1.165) is 0 Å². The lowest BCUT2D eigenvalue weighted by Crippen LogP contribution is -2.32. The number of nitrogens with zero attached hydrogens (tertiary/aromatic N) is 1. The summed E-state index contributed by atoms with van der Waals surface area (Å²) in [5, 5.41) is 10.6. The maximum atomic E-state index is 12.8. The molecule has 0 radical (unpaired) electrons. The molecule has 0 saturated carbocycles. The predicted molar refractivity (Wildman–Crippen MR) is 91.2 cm³/mol. The van der Waals surface area contributed by atoms with Gasteiger partial charge < -0.3 is 9.84 Å². The van der Waals surface area contributed by atoms with Crippen molar-refractivity contribution in [3.63, 3.8) is 0 Å². The minimum absolute atomic E-state index is 0.0925. The lowest BCUT2D eigenvalue weighted by molar-refractivity contribution is 0.0676. The summed E-state index contributed by atoms with van der Waals surface area (Å²) in [6.07, 6.45) is 0. The van der Waals surface area contributed by atoms with Crippen molar-refractivity contribution in [2.45, 2.75) is 27.3 Å². The fraction of sp³-hybridized carbons (Fsp3) is 0.375. The molecule has 1 N–H and O–H groups in total. The van der Waals surface area contributed by atoms with Crippen molar-refractivity contribution in [1.29, 1.82) is 0 Å². The minimum atomic E-state index is -1.24. The Balaban J connectivity index is 3.02. The van der Waals surface area contributed by atoms with Gasteiger partial charge in [-0.2, -0.15) is 0 Å². The number of pyridine rings is 1. The molecule has 5 nitrogen and oxygen atoms in total. The van der Waals surface area contributed by atoms with E-state index in [1.807, 2.05) is 20.8 Å². The van der Waals surface area contributed by atoms with Crippen LogP contribution in [0.5, 0.6) is 5.75 Å². The van der Waals surface area contributed by atoms with Crippen LogP contribution in [0.15, 0.2) is 16.9 Å². The molecule has 0 aliphatic heterocycles. The number of carboxylic acid groups (broad SMARTS) is 1. The lowest BCUT2D eigenvalue weighted by atomic mass is 9.96. The van der Waals surface area contributed by atoms with Crippen molar-refractivity contribution >= 4 is 39.9 Å². The topological polar surface area (TPSA) is 68.5 Å². The standard InChI is InChI=1S/C16H17Cl2NO4/c1-16(2,3)7-19-12(15(21)22)13(23-4)8-5-10(17)11(18)6-9(8)14(19)20/h5-6H,7H2,1-4H3,(H,21,22). The monoisotopic (exact) mass is 357 g/mol. The summed E-state index contributed by atoms with van der Waals surface area (Å²) in [4.78, 5) is 24.5. The predicted octanol–water partition coefficient (Wildman–Crippen LogP) is 4.06. The van der Waals surface area contributed by atoms with Crippen LogP contribution in [0.2, 0.25) is 10.0 Å². The molecular formula is C16H17Cl2NO4. The smallest absolute Gasteiger partial charge is 0.356 e. The molecule has 0 bridgehead atoms. The summed E-state index contributed by atoms with van der Waals surface area (Å²) in [6.45, 7) is 5.96. The van der Waals surface area contributed by atoms with E-state index >= 15 is 0 Å². The van der Waals surface area contributed by atoms with E-state index in [-0.39, 0.29) is 38.8 Å². The molecule has 2 aromatic rings. The van der Waals surface area contributed by atoms with Gasteiger partial charge in [-0.05, 0) is 17.5 Å². The molecule has 0 aliphatic rings. The Bertz CT molecular complexity index is 850. The molecule has 0 atom stereocenters. The second-order valence-corrected chi connectivity index (χ2v) is 7.27. The first-order valence-electron chi connectivity index (χ1n) is 6.89. The molecule has 0 saturated heterocycles. The number of aromatic nitrogens is 1. The fourth-order valence-corrected chi connectivity index (χ4v) is 2.78. The molecule has 2 rings (SSSR count). The van der Waals surface area contributed by atoms with Crippen LogP contribution in [-0.4, -0.2) is 22.8 Å². The molecule has 1 aromatic heterocycles. The fourth-order valence-electron chi connectivity index (χ4n) is 2.45. The molecule has 0 spiro atoms. The quantitative estimate of drug-likeness (QED) is 0.898. The third kappa shape index (κ3) is 3.31. The highest BCUT2D eigenvalue weighted by molar-refractivity contribution is 6.42. The lowest BCUT2D eigenvalue weighted by Gasteiger charge is -2.23. The summed E-state index contributed by atoms with van der Waals surface area (Å²) in [5.74, 6) is -1.15. The number of methoxy groups -OCH3 is 1. The number of aromatic carboxylic acids is 1. The van der Waals surface area contributed by atoms with Gasteiger partial charge in [0.25, 0.3) is 5.56 Å². The summed E-state index contributed by atoms with van der Waals surface area (Å²) >= 11 is 12.0. The van der Waals surface area contributed by atoms with Crippen LogP contribution in [0.25, 0.3) is 10.8 Å². The van der Waals surface area contributed by atoms with Crippen molar-refractivity contribution in [3.05, 3.63) is 38.2 Å². The number of ether oxygens (including phenoxy) is 1. The van der Waals surface area contributed by atoms with Gasteiger partial charge in [0.1, 0.15) is 0 Å². The number of carbonyl (C=O) groups is 1. The number of hydrogen-bond acceptors (Lipinski definition) is 3. The molecule has 0 amide bonds. The number of benzene rings is 1. The first kappa shape index (κ1) is 17.6. The van der Waals surface area contributed by atoms with Crippen LogP contribution < -0.4 is 10.3 Å². The number of halogens is 2. The van der Waals surface area contributed by atoms with E-state index < -0.39 is 11.5 Å². The summed E-state index contributed by atoms with van der Waals surface area (Å²) in [5.41, 5.74) is -0.937. The van der Waals surface area contributed by atoms with E-state index in [1.54, 1.807) is 0 Å². The van der Waals surface area contributed by atoms with Gasteiger partial charge in [-0.3, -0.25) is 9.36 Å². The van der Waals surface area contributed by atoms with Gasteiger partial charge in [0.2, 0.25) is 0 Å². The molecule has 23 heavy (non-hydrogen) atoms. The van der Waals surface area contributed by atoms with Gasteiger partial charge in [-0.15, -0.1) is 0 Å². The van der Waals surface area contributed by atoms with E-state index in [4.69, 9.17) is 27.9 Å². The zero-order valence-corrected chi connectivity index (χ0v) is 14.7. The maximum Gasteiger partial charge on any atom is 0.356 e. The summed E-state index contributed by atoms with van der Waals surface area (Å²) in [6, 6.07) is 2.89.